The van der Waals surface area contributed by atoms with E-state index in [2.05, 4.69) is 26.4 Å². The Morgan fingerprint density at radius 1 is 1.23 bits per heavy atom. The maximum Gasteiger partial charge on any atom is 0.324 e. The zero-order valence-corrected chi connectivity index (χ0v) is 15.5. The molecule has 0 aliphatic carbocycles. The molecule has 1 saturated heterocycles. The Hall–Kier alpha value is -2.58. The summed E-state index contributed by atoms with van der Waals surface area (Å²) in [5, 5.41) is 16.6. The molecule has 0 bridgehead atoms. The smallest absolute Gasteiger partial charge is 0.322 e. The van der Waals surface area contributed by atoms with E-state index < -0.39 is 12.3 Å². The molecule has 8 nitrogen and oxygen atoms in total. The first-order chi connectivity index (χ1) is 12.3. The van der Waals surface area contributed by atoms with Crippen LogP contribution in [0.5, 0.6) is 0 Å². The molecule has 1 aromatic carbocycles. The number of carbonyl (C=O) groups is 2. The summed E-state index contributed by atoms with van der Waals surface area (Å²) in [6, 6.07) is 8.09. The van der Waals surface area contributed by atoms with Crippen molar-refractivity contribution < 1.29 is 9.59 Å². The molecular formula is C17H21ClN6O2. The number of rotatable bonds is 3. The molecule has 1 aliphatic heterocycles. The molecule has 0 spiro atoms. The highest BCUT2D eigenvalue weighted by Crippen LogP contribution is 2.20. The van der Waals surface area contributed by atoms with E-state index in [1.165, 1.54) is 0 Å². The van der Waals surface area contributed by atoms with Crippen molar-refractivity contribution in [3.8, 4) is 0 Å². The van der Waals surface area contributed by atoms with Gasteiger partial charge in [0.25, 0.3) is 0 Å². The number of halogens is 1. The van der Waals surface area contributed by atoms with Gasteiger partial charge in [0.15, 0.2) is 6.29 Å². The van der Waals surface area contributed by atoms with E-state index in [1.807, 2.05) is 20.8 Å². The molecule has 2 aromatic rings. The Morgan fingerprint density at radius 3 is 2.58 bits per heavy atom. The van der Waals surface area contributed by atoms with Gasteiger partial charge in [-0.3, -0.25) is 15.4 Å². The van der Waals surface area contributed by atoms with Crippen LogP contribution in [0.25, 0.3) is 0 Å². The molecule has 1 aliphatic rings. The van der Waals surface area contributed by atoms with Gasteiger partial charge in [-0.25, -0.2) is 9.48 Å². The Balaban J connectivity index is 1.73. The van der Waals surface area contributed by atoms with E-state index in [-0.39, 0.29) is 17.9 Å². The number of hydrogen-bond acceptors (Lipinski definition) is 4. The second-order valence-corrected chi connectivity index (χ2v) is 6.79. The van der Waals surface area contributed by atoms with Crippen LogP contribution in [0.2, 0.25) is 5.02 Å². The molecular weight excluding hydrogens is 356 g/mol. The molecule has 4 N–H and O–H groups in total. The lowest BCUT2D eigenvalue weighted by molar-refractivity contribution is -0.130. The molecule has 3 rings (SSSR count). The minimum Gasteiger partial charge on any atom is -0.322 e. The maximum absolute atomic E-state index is 12.3. The first-order valence-corrected chi connectivity index (χ1v) is 8.67. The second kappa shape index (κ2) is 7.35. The van der Waals surface area contributed by atoms with Gasteiger partial charge in [0.05, 0.1) is 11.6 Å². The maximum atomic E-state index is 12.3. The molecule has 138 valence electrons. The summed E-state index contributed by atoms with van der Waals surface area (Å²) in [5.74, 6) is 0.256. The minimum absolute atomic E-state index is 0.0194. The number of nitrogens with one attached hydrogen (secondary N) is 4. The molecule has 2 heterocycles. The fourth-order valence-corrected chi connectivity index (χ4v) is 2.80. The lowest BCUT2D eigenvalue weighted by Gasteiger charge is -2.34. The quantitative estimate of drug-likeness (QED) is 0.661. The van der Waals surface area contributed by atoms with E-state index in [0.717, 1.165) is 0 Å². The number of nitrogens with zero attached hydrogens (tertiary/aromatic N) is 2. The minimum atomic E-state index is -0.534. The van der Waals surface area contributed by atoms with Gasteiger partial charge in [0, 0.05) is 22.8 Å². The van der Waals surface area contributed by atoms with Crippen LogP contribution in [0.3, 0.4) is 0 Å². The highest BCUT2D eigenvalue weighted by atomic mass is 35.5. The summed E-state index contributed by atoms with van der Waals surface area (Å²) in [4.78, 5) is 24.4. The van der Waals surface area contributed by atoms with Gasteiger partial charge in [-0.05, 0) is 38.1 Å². The predicted molar refractivity (Wildman–Crippen MR) is 100.0 cm³/mol. The largest absolute Gasteiger partial charge is 0.324 e. The van der Waals surface area contributed by atoms with E-state index in [1.54, 1.807) is 35.0 Å². The predicted octanol–water partition coefficient (Wildman–Crippen LogP) is 2.69. The fraction of sp³-hybridized carbons (Fsp3) is 0.353. The Labute approximate surface area is 156 Å². The first-order valence-electron chi connectivity index (χ1n) is 8.29. The van der Waals surface area contributed by atoms with E-state index >= 15 is 0 Å². The van der Waals surface area contributed by atoms with Gasteiger partial charge in [-0.2, -0.15) is 5.10 Å². The lowest BCUT2D eigenvalue weighted by Crippen LogP contribution is -2.57. The highest BCUT2D eigenvalue weighted by Gasteiger charge is 2.32. The monoisotopic (exact) mass is 376 g/mol. The average molecular weight is 377 g/mol. The molecule has 0 radical (unpaired) electrons. The van der Waals surface area contributed by atoms with Crippen LogP contribution in [0.15, 0.2) is 30.3 Å². The van der Waals surface area contributed by atoms with Gasteiger partial charge in [-0.15, -0.1) is 0 Å². The van der Waals surface area contributed by atoms with Crippen LogP contribution in [0.4, 0.5) is 16.3 Å². The number of aromatic nitrogens is 2. The molecule has 3 unspecified atom stereocenters. The van der Waals surface area contributed by atoms with Gasteiger partial charge in [0.1, 0.15) is 5.82 Å². The molecule has 0 saturated carbocycles. The number of amides is 3. The summed E-state index contributed by atoms with van der Waals surface area (Å²) in [5.41, 5.74) is 1.33. The summed E-state index contributed by atoms with van der Waals surface area (Å²) < 4.78 is 1.55. The van der Waals surface area contributed by atoms with Crippen LogP contribution < -0.4 is 21.3 Å². The van der Waals surface area contributed by atoms with Gasteiger partial charge < -0.3 is 10.6 Å². The molecule has 9 heteroatoms. The van der Waals surface area contributed by atoms with Crippen molar-refractivity contribution >= 4 is 35.0 Å². The third kappa shape index (κ3) is 3.97. The summed E-state index contributed by atoms with van der Waals surface area (Å²) in [6.45, 7) is 5.61. The highest BCUT2D eigenvalue weighted by molar-refractivity contribution is 6.30. The third-order valence-electron chi connectivity index (χ3n) is 4.31. The van der Waals surface area contributed by atoms with E-state index in [9.17, 15) is 9.59 Å². The normalized spacial score (nSPS) is 22.6. The molecule has 26 heavy (non-hydrogen) atoms. The SMILES string of the molecule is Cc1cc(NC(=O)Nc2ccc(Cl)cc2)n(C2NC(=O)C(C)C(C)N2)n1. The topological polar surface area (TPSA) is 100 Å². The van der Waals surface area contributed by atoms with Crippen LogP contribution in [-0.2, 0) is 4.79 Å². The Morgan fingerprint density at radius 2 is 1.92 bits per heavy atom. The van der Waals surface area contributed by atoms with Gasteiger partial charge >= 0.3 is 6.03 Å². The molecule has 1 fully saturated rings. The Kier molecular flexibility index (Phi) is 5.15. The Bertz CT molecular complexity index is 819. The third-order valence-corrected chi connectivity index (χ3v) is 4.56. The molecule has 3 amide bonds. The average Bonchev–Trinajstić information content (AvgIpc) is 2.94. The van der Waals surface area contributed by atoms with E-state index in [0.29, 0.717) is 22.2 Å². The van der Waals surface area contributed by atoms with Crippen molar-refractivity contribution in [1.29, 1.82) is 0 Å². The number of hydrogen-bond donors (Lipinski definition) is 4. The second-order valence-electron chi connectivity index (χ2n) is 6.36. The summed E-state index contributed by atoms with van der Waals surface area (Å²) in [6.07, 6.45) is -0.534. The number of carbonyl (C=O) groups excluding carboxylic acids is 2. The van der Waals surface area contributed by atoms with Crippen LogP contribution in [0, 0.1) is 12.8 Å². The van der Waals surface area contributed by atoms with Crippen LogP contribution in [-0.4, -0.2) is 27.8 Å². The van der Waals surface area contributed by atoms with Crippen molar-refractivity contribution in [2.75, 3.05) is 10.6 Å². The standard InChI is InChI=1S/C17H21ClN6O2/c1-9-8-14(21-17(26)20-13-6-4-12(18)5-7-13)24(23-9)16-19-11(3)10(2)15(25)22-16/h4-8,10-11,16,19H,1-3H3,(H,22,25)(H2,20,21,26). The van der Waals surface area contributed by atoms with Crippen molar-refractivity contribution in [3.63, 3.8) is 0 Å². The number of aryl methyl sites for hydroxylation is 1. The number of anilines is 2. The van der Waals surface area contributed by atoms with Gasteiger partial charge in [-0.1, -0.05) is 18.5 Å². The molecule has 1 aromatic heterocycles. The zero-order chi connectivity index (χ0) is 18.8. The van der Waals surface area contributed by atoms with E-state index in [4.69, 9.17) is 11.6 Å². The summed E-state index contributed by atoms with van der Waals surface area (Å²) >= 11 is 5.84. The molecule has 3 atom stereocenters. The van der Waals surface area contributed by atoms with Crippen LogP contribution >= 0.6 is 11.6 Å². The van der Waals surface area contributed by atoms with Crippen molar-refractivity contribution in [1.82, 2.24) is 20.4 Å². The number of urea groups is 1. The first kappa shape index (κ1) is 18.2. The van der Waals surface area contributed by atoms with Gasteiger partial charge in [0.2, 0.25) is 5.91 Å². The van der Waals surface area contributed by atoms with Crippen molar-refractivity contribution in [2.45, 2.75) is 33.1 Å². The summed E-state index contributed by atoms with van der Waals surface area (Å²) in [7, 11) is 0. The zero-order valence-electron chi connectivity index (χ0n) is 14.7. The van der Waals surface area contributed by atoms with Crippen LogP contribution in [0.1, 0.15) is 25.8 Å². The van der Waals surface area contributed by atoms with Crippen molar-refractivity contribution in [3.05, 3.63) is 41.0 Å². The van der Waals surface area contributed by atoms with Crippen molar-refractivity contribution in [2.24, 2.45) is 5.92 Å². The number of benzene rings is 1. The lowest BCUT2D eigenvalue weighted by atomic mass is 10.0. The fourth-order valence-electron chi connectivity index (χ4n) is 2.68.